The number of amides is 1. The summed E-state index contributed by atoms with van der Waals surface area (Å²) in [6.07, 6.45) is -2.15. The monoisotopic (exact) mass is 578 g/mol. The van der Waals surface area contributed by atoms with E-state index in [9.17, 15) is 26.4 Å². The Morgan fingerprint density at radius 1 is 1.33 bits per heavy atom. The van der Waals surface area contributed by atoms with Crippen molar-refractivity contribution in [3.63, 3.8) is 0 Å². The zero-order valence-corrected chi connectivity index (χ0v) is 20.2. The predicted octanol–water partition coefficient (Wildman–Crippen LogP) is 1.75. The van der Waals surface area contributed by atoms with Crippen LogP contribution in [0.25, 0.3) is 0 Å². The van der Waals surface area contributed by atoms with Gasteiger partial charge in [0.05, 0.1) is 14.2 Å². The van der Waals surface area contributed by atoms with Gasteiger partial charge in [-0.15, -0.1) is 11.3 Å². The summed E-state index contributed by atoms with van der Waals surface area (Å²) in [4.78, 5) is 25.5. The smallest absolute Gasteiger partial charge is 0.490 e. The lowest BCUT2D eigenvalue weighted by molar-refractivity contribution is -0.192. The molecule has 3 heterocycles. The third kappa shape index (κ3) is 6.36. The molecule has 4 N–H and O–H groups in total. The van der Waals surface area contributed by atoms with Crippen LogP contribution < -0.4 is 19.9 Å². The summed E-state index contributed by atoms with van der Waals surface area (Å²) in [5.74, 6) is -2.58. The van der Waals surface area contributed by atoms with E-state index in [0.29, 0.717) is 22.6 Å². The van der Waals surface area contributed by atoms with Crippen molar-refractivity contribution >= 4 is 49.2 Å². The molecular weight excluding hydrogens is 561 g/mol. The predicted molar refractivity (Wildman–Crippen MR) is 112 cm³/mol. The quantitative estimate of drug-likeness (QED) is 0.479. The summed E-state index contributed by atoms with van der Waals surface area (Å²) in [5, 5.41) is 7.12. The number of aromatic nitrogens is 2. The van der Waals surface area contributed by atoms with Gasteiger partial charge in [0.1, 0.15) is 15.3 Å². The molecule has 2 aromatic rings. The molecule has 0 saturated heterocycles. The zero-order valence-electron chi connectivity index (χ0n) is 17.0. The van der Waals surface area contributed by atoms with E-state index in [2.05, 4.69) is 20.9 Å². The molecule has 1 atom stereocenters. The second kappa shape index (κ2) is 10.3. The van der Waals surface area contributed by atoms with Gasteiger partial charge in [0.15, 0.2) is 15.7 Å². The summed E-state index contributed by atoms with van der Waals surface area (Å²) in [5.41, 5.74) is 5.93. The number of alkyl halides is 3. The Hall–Kier alpha value is -2.37. The first-order valence-electron chi connectivity index (χ1n) is 8.80. The van der Waals surface area contributed by atoms with Crippen molar-refractivity contribution in [3.05, 3.63) is 21.5 Å². The highest BCUT2D eigenvalue weighted by Gasteiger charge is 2.38. The van der Waals surface area contributed by atoms with Crippen molar-refractivity contribution in [2.45, 2.75) is 35.8 Å². The van der Waals surface area contributed by atoms with Crippen molar-refractivity contribution in [1.29, 1.82) is 0 Å². The van der Waals surface area contributed by atoms with Gasteiger partial charge in [-0.3, -0.25) is 4.79 Å². The number of thiophene rings is 1. The molecule has 0 aromatic carbocycles. The molecule has 2 aromatic heterocycles. The van der Waals surface area contributed by atoms with Gasteiger partial charge in [-0.05, 0) is 22.4 Å². The lowest BCUT2D eigenvalue weighted by atomic mass is 10.1. The van der Waals surface area contributed by atoms with Crippen LogP contribution in [0.2, 0.25) is 0 Å². The average Bonchev–Trinajstić information content (AvgIpc) is 3.27. The van der Waals surface area contributed by atoms with E-state index in [1.165, 1.54) is 20.4 Å². The Kier molecular flexibility index (Phi) is 8.36. The van der Waals surface area contributed by atoms with Crippen LogP contribution >= 0.6 is 27.3 Å². The van der Waals surface area contributed by atoms with Gasteiger partial charge >= 0.3 is 12.1 Å². The number of rotatable bonds is 5. The normalized spacial score (nSPS) is 15.7. The first-order valence-corrected chi connectivity index (χ1v) is 11.9. The fourth-order valence-electron chi connectivity index (χ4n) is 2.68. The molecular formula is C16H18BrF3N4O7S2. The van der Waals surface area contributed by atoms with Crippen molar-refractivity contribution in [3.8, 4) is 11.5 Å². The number of carbonyl (C=O) groups is 2. The number of aliphatic carboxylic acids is 1. The molecule has 3 rings (SSSR count). The minimum Gasteiger partial charge on any atom is -0.491 e. The summed E-state index contributed by atoms with van der Waals surface area (Å²) in [6.45, 7) is 0.547. The van der Waals surface area contributed by atoms with Crippen LogP contribution in [-0.2, 0) is 27.8 Å². The highest BCUT2D eigenvalue weighted by Crippen LogP contribution is 2.47. The standard InChI is InChI=1S/C14H17BrN4O5S2.C2HF3O2/c1-23-10-11(24-2)14(25-12(10)15)26(21,22)18-13(20)8-6-19-5-7(16)3-4-9(19)17-8;3-2(4,5)1(6)7/h6-7H,3-5,16H2,1-2H3,(H,18,20);(H,6,7). The van der Waals surface area contributed by atoms with Crippen LogP contribution in [0.15, 0.2) is 14.2 Å². The molecule has 0 aliphatic carbocycles. The molecule has 0 saturated carbocycles. The highest BCUT2D eigenvalue weighted by molar-refractivity contribution is 9.11. The number of nitrogens with two attached hydrogens (primary N) is 1. The Bertz CT molecular complexity index is 1150. The Labute approximate surface area is 197 Å². The van der Waals surface area contributed by atoms with Gasteiger partial charge < -0.3 is 24.9 Å². The number of halogens is 4. The van der Waals surface area contributed by atoms with Crippen molar-refractivity contribution < 1.29 is 45.8 Å². The van der Waals surface area contributed by atoms with E-state index < -0.39 is 28.1 Å². The van der Waals surface area contributed by atoms with Crippen LogP contribution in [0.1, 0.15) is 22.7 Å². The van der Waals surface area contributed by atoms with Gasteiger partial charge in [-0.1, -0.05) is 0 Å². The average molecular weight is 579 g/mol. The number of carboxylic acid groups (broad SMARTS) is 1. The highest BCUT2D eigenvalue weighted by atomic mass is 79.9. The zero-order chi connectivity index (χ0) is 25.1. The van der Waals surface area contributed by atoms with Crippen molar-refractivity contribution in [2.24, 2.45) is 5.73 Å². The lowest BCUT2D eigenvalue weighted by Crippen LogP contribution is -2.31. The molecule has 0 radical (unpaired) electrons. The fourth-order valence-corrected chi connectivity index (χ4v) is 6.21. The molecule has 1 aliphatic heterocycles. The first-order chi connectivity index (χ1) is 15.2. The molecule has 1 aliphatic rings. The molecule has 17 heteroatoms. The maximum absolute atomic E-state index is 12.6. The first kappa shape index (κ1) is 26.9. The third-order valence-corrected chi connectivity index (χ3v) is 7.75. The molecule has 184 valence electrons. The summed E-state index contributed by atoms with van der Waals surface area (Å²) in [7, 11) is -1.45. The second-order valence-electron chi connectivity index (χ2n) is 6.46. The maximum Gasteiger partial charge on any atom is 0.490 e. The molecule has 0 bridgehead atoms. The van der Waals surface area contributed by atoms with E-state index >= 15 is 0 Å². The van der Waals surface area contributed by atoms with Crippen molar-refractivity contribution in [1.82, 2.24) is 14.3 Å². The largest absolute Gasteiger partial charge is 0.491 e. The molecule has 1 unspecified atom stereocenters. The van der Waals surface area contributed by atoms with Crippen molar-refractivity contribution in [2.75, 3.05) is 14.2 Å². The van der Waals surface area contributed by atoms with Gasteiger partial charge in [-0.2, -0.15) is 13.2 Å². The molecule has 11 nitrogen and oxygen atoms in total. The van der Waals surface area contributed by atoms with E-state index in [1.54, 1.807) is 4.57 Å². The van der Waals surface area contributed by atoms with Crippen LogP contribution in [0.5, 0.6) is 11.5 Å². The number of nitrogens with one attached hydrogen (secondary N) is 1. The number of hydrogen-bond acceptors (Lipinski definition) is 9. The van der Waals surface area contributed by atoms with Gasteiger partial charge in [0, 0.05) is 25.2 Å². The topological polar surface area (TPSA) is 163 Å². The summed E-state index contributed by atoms with van der Waals surface area (Å²) in [6, 6.07) is -0.00320. The molecule has 1 amide bonds. The van der Waals surface area contributed by atoms with Crippen LogP contribution in [-0.4, -0.2) is 61.4 Å². The number of sulfonamides is 1. The number of aryl methyl sites for hydroxylation is 1. The maximum atomic E-state index is 12.6. The van der Waals surface area contributed by atoms with E-state index in [-0.39, 0.29) is 27.4 Å². The summed E-state index contributed by atoms with van der Waals surface area (Å²) < 4.78 is 71.4. The van der Waals surface area contributed by atoms with Gasteiger partial charge in [0.2, 0.25) is 0 Å². The molecule has 0 fully saturated rings. The molecule has 0 spiro atoms. The Balaban J connectivity index is 0.000000479. The molecule has 33 heavy (non-hydrogen) atoms. The van der Waals surface area contributed by atoms with Gasteiger partial charge in [0.25, 0.3) is 15.9 Å². The minimum absolute atomic E-state index is 0.00320. The SMILES string of the molecule is COc1c(Br)sc(S(=O)(=O)NC(=O)c2cn3c(n2)CCC(N)C3)c1OC.O=C(O)C(F)(F)F. The minimum atomic E-state index is -5.08. The Morgan fingerprint density at radius 3 is 2.42 bits per heavy atom. The number of fused-ring (bicyclic) bond motifs is 1. The van der Waals surface area contributed by atoms with E-state index in [1.807, 2.05) is 4.72 Å². The fraction of sp³-hybridized carbons (Fsp3) is 0.438. The number of methoxy groups -OCH3 is 2. The van der Waals surface area contributed by atoms with Crippen LogP contribution in [0.3, 0.4) is 0 Å². The number of hydrogen-bond donors (Lipinski definition) is 3. The Morgan fingerprint density at radius 2 is 1.91 bits per heavy atom. The van der Waals surface area contributed by atoms with Crippen LogP contribution in [0.4, 0.5) is 13.2 Å². The van der Waals surface area contributed by atoms with Crippen LogP contribution in [0, 0.1) is 0 Å². The van der Waals surface area contributed by atoms with E-state index in [0.717, 1.165) is 17.8 Å². The summed E-state index contributed by atoms with van der Waals surface area (Å²) >= 11 is 4.11. The van der Waals surface area contributed by atoms with E-state index in [4.69, 9.17) is 25.1 Å². The number of ether oxygens (including phenoxy) is 2. The lowest BCUT2D eigenvalue weighted by Gasteiger charge is -2.19. The third-order valence-electron chi connectivity index (χ3n) is 4.14. The second-order valence-corrected chi connectivity index (χ2v) is 10.7. The number of nitrogens with zero attached hydrogens (tertiary/aromatic N) is 2. The van der Waals surface area contributed by atoms with Gasteiger partial charge in [-0.25, -0.2) is 22.9 Å². The number of imidazole rings is 1. The number of carbonyl (C=O) groups excluding carboxylic acids is 1. The number of carboxylic acids is 1.